The minimum Gasteiger partial charge on any atom is -0.483 e. The summed E-state index contributed by atoms with van der Waals surface area (Å²) in [4.78, 5) is 12.2. The molecule has 158 valence electrons. The quantitative estimate of drug-likeness (QED) is 0.598. The highest BCUT2D eigenvalue weighted by Gasteiger charge is 2.21. The van der Waals surface area contributed by atoms with E-state index in [1.807, 2.05) is 44.4 Å². The van der Waals surface area contributed by atoms with Crippen LogP contribution < -0.4 is 10.1 Å². The Bertz CT molecular complexity index is 841. The second kappa shape index (κ2) is 9.85. The Morgan fingerprint density at radius 3 is 2.59 bits per heavy atom. The standard InChI is InChI=1S/C21H29ClN4O2S/c1-5-26-20(15(4)28-17-10-13(2)19(22)14(3)11-17)24-25-21(26)29-12-18(27)23-16-8-6-7-9-16/h10-11,15-16H,5-9,12H2,1-4H3,(H,23,27). The highest BCUT2D eigenvalue weighted by molar-refractivity contribution is 7.99. The molecule has 1 saturated carbocycles. The van der Waals surface area contributed by atoms with E-state index in [9.17, 15) is 4.79 Å². The Balaban J connectivity index is 1.64. The Kier molecular flexibility index (Phi) is 7.46. The number of aromatic nitrogens is 3. The van der Waals surface area contributed by atoms with E-state index >= 15 is 0 Å². The Labute approximate surface area is 181 Å². The third-order valence-electron chi connectivity index (χ3n) is 5.20. The number of aryl methyl sites for hydroxylation is 2. The van der Waals surface area contributed by atoms with Crippen molar-refractivity contribution in [2.45, 2.75) is 77.2 Å². The molecule has 29 heavy (non-hydrogen) atoms. The molecule has 0 spiro atoms. The van der Waals surface area contributed by atoms with E-state index < -0.39 is 0 Å². The van der Waals surface area contributed by atoms with Gasteiger partial charge in [-0.25, -0.2) is 0 Å². The number of nitrogens with zero attached hydrogens (tertiary/aromatic N) is 3. The van der Waals surface area contributed by atoms with E-state index in [1.165, 1.54) is 24.6 Å². The molecule has 6 nitrogen and oxygen atoms in total. The maximum Gasteiger partial charge on any atom is 0.230 e. The van der Waals surface area contributed by atoms with Gasteiger partial charge in [-0.1, -0.05) is 36.2 Å². The monoisotopic (exact) mass is 436 g/mol. The summed E-state index contributed by atoms with van der Waals surface area (Å²) >= 11 is 7.67. The van der Waals surface area contributed by atoms with Crippen molar-refractivity contribution in [1.29, 1.82) is 0 Å². The molecular formula is C21H29ClN4O2S. The molecule has 1 aromatic carbocycles. The molecule has 0 aliphatic heterocycles. The number of halogens is 1. The molecule has 1 heterocycles. The number of rotatable bonds is 8. The number of amides is 1. The third-order valence-corrected chi connectivity index (χ3v) is 6.76. The van der Waals surface area contributed by atoms with E-state index in [-0.39, 0.29) is 12.0 Å². The van der Waals surface area contributed by atoms with Gasteiger partial charge < -0.3 is 14.6 Å². The van der Waals surface area contributed by atoms with E-state index in [0.29, 0.717) is 18.3 Å². The molecule has 1 aliphatic rings. The second-order valence-corrected chi connectivity index (χ2v) is 8.87. The van der Waals surface area contributed by atoms with Crippen LogP contribution in [0, 0.1) is 13.8 Å². The van der Waals surface area contributed by atoms with E-state index in [2.05, 4.69) is 15.5 Å². The smallest absolute Gasteiger partial charge is 0.230 e. The summed E-state index contributed by atoms with van der Waals surface area (Å²) in [6.07, 6.45) is 4.31. The topological polar surface area (TPSA) is 69.0 Å². The van der Waals surface area contributed by atoms with Gasteiger partial charge >= 0.3 is 0 Å². The highest BCUT2D eigenvalue weighted by Crippen LogP contribution is 2.29. The summed E-state index contributed by atoms with van der Waals surface area (Å²) in [6, 6.07) is 4.20. The molecule has 1 aliphatic carbocycles. The minimum atomic E-state index is -0.274. The number of ether oxygens (including phenoxy) is 1. The Morgan fingerprint density at radius 2 is 1.97 bits per heavy atom. The molecule has 8 heteroatoms. The van der Waals surface area contributed by atoms with Gasteiger partial charge in [-0.15, -0.1) is 10.2 Å². The molecule has 1 unspecified atom stereocenters. The van der Waals surface area contributed by atoms with Gasteiger partial charge in [0.25, 0.3) is 0 Å². The van der Waals surface area contributed by atoms with Crippen LogP contribution in [0.25, 0.3) is 0 Å². The lowest BCUT2D eigenvalue weighted by Gasteiger charge is -2.17. The molecule has 1 atom stereocenters. The number of thioether (sulfide) groups is 1. The molecule has 2 aromatic rings. The molecule has 1 aromatic heterocycles. The first-order valence-electron chi connectivity index (χ1n) is 10.2. The van der Waals surface area contributed by atoms with Crippen molar-refractivity contribution in [3.05, 3.63) is 34.1 Å². The molecule has 0 radical (unpaired) electrons. The molecule has 0 saturated heterocycles. The zero-order valence-electron chi connectivity index (χ0n) is 17.5. The van der Waals surface area contributed by atoms with Gasteiger partial charge in [-0.3, -0.25) is 4.79 Å². The minimum absolute atomic E-state index is 0.0607. The fourth-order valence-corrected chi connectivity index (χ4v) is 4.64. The number of hydrogen-bond donors (Lipinski definition) is 1. The summed E-state index contributed by atoms with van der Waals surface area (Å²) in [5.41, 5.74) is 1.96. The second-order valence-electron chi connectivity index (χ2n) is 7.55. The van der Waals surface area contributed by atoms with Crippen molar-refractivity contribution in [1.82, 2.24) is 20.1 Å². The molecule has 1 fully saturated rings. The number of carbonyl (C=O) groups excluding carboxylic acids is 1. The first kappa shape index (κ1) is 22.0. The molecule has 1 N–H and O–H groups in total. The summed E-state index contributed by atoms with van der Waals surface area (Å²) in [7, 11) is 0. The van der Waals surface area contributed by atoms with Crippen LogP contribution in [0.2, 0.25) is 5.02 Å². The van der Waals surface area contributed by atoms with Gasteiger partial charge in [0.15, 0.2) is 17.1 Å². The van der Waals surface area contributed by atoms with Crippen LogP contribution in [0.15, 0.2) is 17.3 Å². The first-order chi connectivity index (χ1) is 13.9. The maximum atomic E-state index is 12.2. The van der Waals surface area contributed by atoms with Crippen molar-refractivity contribution in [2.75, 3.05) is 5.75 Å². The Morgan fingerprint density at radius 1 is 1.31 bits per heavy atom. The highest BCUT2D eigenvalue weighted by atomic mass is 35.5. The van der Waals surface area contributed by atoms with E-state index in [0.717, 1.165) is 45.7 Å². The third kappa shape index (κ3) is 5.45. The molecular weight excluding hydrogens is 408 g/mol. The van der Waals surface area contributed by atoms with Gasteiger partial charge in [0.2, 0.25) is 5.91 Å². The lowest BCUT2D eigenvalue weighted by Crippen LogP contribution is -2.33. The van der Waals surface area contributed by atoms with Gasteiger partial charge in [0.1, 0.15) is 5.75 Å². The SMILES string of the molecule is CCn1c(SCC(=O)NC2CCCC2)nnc1C(C)Oc1cc(C)c(Cl)c(C)c1. The average molecular weight is 437 g/mol. The van der Waals surface area contributed by atoms with Crippen LogP contribution in [0.1, 0.15) is 62.6 Å². The maximum absolute atomic E-state index is 12.2. The number of benzene rings is 1. The summed E-state index contributed by atoms with van der Waals surface area (Å²) in [5.74, 6) is 1.91. The van der Waals surface area contributed by atoms with Crippen molar-refractivity contribution >= 4 is 29.3 Å². The first-order valence-corrected chi connectivity index (χ1v) is 11.5. The summed E-state index contributed by atoms with van der Waals surface area (Å²) < 4.78 is 8.12. The van der Waals surface area contributed by atoms with Gasteiger partial charge in [0.05, 0.1) is 5.75 Å². The van der Waals surface area contributed by atoms with Gasteiger partial charge in [0, 0.05) is 17.6 Å². The van der Waals surface area contributed by atoms with Crippen LogP contribution in [0.5, 0.6) is 5.75 Å². The normalized spacial score (nSPS) is 15.5. The number of nitrogens with one attached hydrogen (secondary N) is 1. The number of carbonyl (C=O) groups is 1. The van der Waals surface area contributed by atoms with Crippen LogP contribution >= 0.6 is 23.4 Å². The zero-order chi connectivity index (χ0) is 21.0. The lowest BCUT2D eigenvalue weighted by molar-refractivity contribution is -0.119. The van der Waals surface area contributed by atoms with Gasteiger partial charge in [-0.2, -0.15) is 0 Å². The molecule has 3 rings (SSSR count). The van der Waals surface area contributed by atoms with Crippen molar-refractivity contribution in [3.63, 3.8) is 0 Å². The largest absolute Gasteiger partial charge is 0.483 e. The zero-order valence-corrected chi connectivity index (χ0v) is 19.1. The van der Waals surface area contributed by atoms with Crippen LogP contribution in [-0.2, 0) is 11.3 Å². The Hall–Kier alpha value is -1.73. The van der Waals surface area contributed by atoms with Crippen LogP contribution in [-0.4, -0.2) is 32.5 Å². The van der Waals surface area contributed by atoms with Gasteiger partial charge in [-0.05, 0) is 63.8 Å². The summed E-state index contributed by atoms with van der Waals surface area (Å²) in [5, 5.41) is 13.2. The van der Waals surface area contributed by atoms with Crippen LogP contribution in [0.4, 0.5) is 0 Å². The van der Waals surface area contributed by atoms with E-state index in [1.54, 1.807) is 0 Å². The number of hydrogen-bond acceptors (Lipinski definition) is 5. The van der Waals surface area contributed by atoms with Crippen molar-refractivity contribution < 1.29 is 9.53 Å². The van der Waals surface area contributed by atoms with Crippen LogP contribution in [0.3, 0.4) is 0 Å². The lowest BCUT2D eigenvalue weighted by atomic mass is 10.1. The fourth-order valence-electron chi connectivity index (χ4n) is 3.71. The fraction of sp³-hybridized carbons (Fsp3) is 0.571. The average Bonchev–Trinajstić information content (AvgIpc) is 3.33. The van der Waals surface area contributed by atoms with Crippen molar-refractivity contribution in [3.8, 4) is 5.75 Å². The predicted octanol–water partition coefficient (Wildman–Crippen LogP) is 4.86. The van der Waals surface area contributed by atoms with Crippen molar-refractivity contribution in [2.24, 2.45) is 0 Å². The predicted molar refractivity (Wildman–Crippen MR) is 117 cm³/mol. The van der Waals surface area contributed by atoms with E-state index in [4.69, 9.17) is 16.3 Å². The molecule has 0 bridgehead atoms. The molecule has 1 amide bonds. The summed E-state index contributed by atoms with van der Waals surface area (Å²) in [6.45, 7) is 8.64.